The van der Waals surface area contributed by atoms with Crippen LogP contribution in [-0.2, 0) is 6.42 Å². The summed E-state index contributed by atoms with van der Waals surface area (Å²) >= 11 is 9.22. The number of carbonyl (C=O) groups excluding carboxylic acids is 1. The second kappa shape index (κ2) is 5.59. The third-order valence-electron chi connectivity index (χ3n) is 2.41. The Morgan fingerprint density at radius 3 is 2.83 bits per heavy atom. The summed E-state index contributed by atoms with van der Waals surface area (Å²) in [6.07, 6.45) is 0.758. The van der Waals surface area contributed by atoms with Gasteiger partial charge in [0.25, 0.3) is 5.91 Å². The number of anilines is 1. The summed E-state index contributed by atoms with van der Waals surface area (Å²) in [5, 5.41) is 3.30. The Bertz CT molecular complexity index is 580. The van der Waals surface area contributed by atoms with E-state index in [9.17, 15) is 4.79 Å². The first-order chi connectivity index (χ1) is 8.60. The van der Waals surface area contributed by atoms with E-state index in [1.165, 1.54) is 0 Å². The number of nitrogens with one attached hydrogen (secondary N) is 1. The molecule has 1 N–H and O–H groups in total. The number of halogens is 2. The number of furan rings is 1. The van der Waals surface area contributed by atoms with Crippen LogP contribution in [0.15, 0.2) is 39.2 Å². The fourth-order valence-corrected chi connectivity index (χ4v) is 1.99. The SMILES string of the molecule is CCc1ccc(C(=O)Nc2cc(Cl)ccc2Br)o1. The van der Waals surface area contributed by atoms with Crippen molar-refractivity contribution >= 4 is 39.1 Å². The van der Waals surface area contributed by atoms with Crippen LogP contribution in [0, 0.1) is 0 Å². The zero-order valence-corrected chi connectivity index (χ0v) is 12.0. The lowest BCUT2D eigenvalue weighted by Gasteiger charge is -2.06. The molecule has 0 aliphatic heterocycles. The highest BCUT2D eigenvalue weighted by molar-refractivity contribution is 9.10. The van der Waals surface area contributed by atoms with Crippen molar-refractivity contribution in [2.45, 2.75) is 13.3 Å². The van der Waals surface area contributed by atoms with Gasteiger partial charge in [0.15, 0.2) is 5.76 Å². The van der Waals surface area contributed by atoms with Crippen molar-refractivity contribution in [2.24, 2.45) is 0 Å². The Labute approximate surface area is 118 Å². The monoisotopic (exact) mass is 327 g/mol. The summed E-state index contributed by atoms with van der Waals surface area (Å²) < 4.78 is 6.14. The Morgan fingerprint density at radius 1 is 1.39 bits per heavy atom. The van der Waals surface area contributed by atoms with E-state index in [0.717, 1.165) is 16.7 Å². The number of aryl methyl sites for hydroxylation is 1. The lowest BCUT2D eigenvalue weighted by molar-refractivity contribution is 0.0995. The average Bonchev–Trinajstić information content (AvgIpc) is 2.82. The van der Waals surface area contributed by atoms with Crippen LogP contribution in [0.3, 0.4) is 0 Å². The molecule has 0 aliphatic carbocycles. The van der Waals surface area contributed by atoms with E-state index in [1.54, 1.807) is 30.3 Å². The molecule has 5 heteroatoms. The standard InChI is InChI=1S/C13H11BrClNO2/c1-2-9-4-6-12(18-9)13(17)16-11-7-8(15)3-5-10(11)14/h3-7H,2H2,1H3,(H,16,17). The van der Waals surface area contributed by atoms with Gasteiger partial charge in [-0.05, 0) is 46.3 Å². The van der Waals surface area contributed by atoms with E-state index >= 15 is 0 Å². The predicted octanol–water partition coefficient (Wildman–Crippen LogP) is 4.51. The molecule has 1 amide bonds. The Hall–Kier alpha value is -1.26. The number of hydrogen-bond acceptors (Lipinski definition) is 2. The summed E-state index contributed by atoms with van der Waals surface area (Å²) in [6.45, 7) is 1.97. The van der Waals surface area contributed by atoms with Crippen LogP contribution in [0.5, 0.6) is 0 Å². The van der Waals surface area contributed by atoms with Crippen LogP contribution in [0.4, 0.5) is 5.69 Å². The van der Waals surface area contributed by atoms with Gasteiger partial charge in [-0.2, -0.15) is 0 Å². The van der Waals surface area contributed by atoms with Crippen molar-refractivity contribution in [1.82, 2.24) is 0 Å². The Balaban J connectivity index is 2.18. The highest BCUT2D eigenvalue weighted by atomic mass is 79.9. The van der Waals surface area contributed by atoms with Gasteiger partial charge < -0.3 is 9.73 Å². The maximum atomic E-state index is 11.9. The largest absolute Gasteiger partial charge is 0.456 e. The molecule has 0 fully saturated rings. The fraction of sp³-hybridized carbons (Fsp3) is 0.154. The zero-order chi connectivity index (χ0) is 13.1. The molecule has 0 spiro atoms. The molecule has 0 saturated carbocycles. The second-order valence-corrected chi connectivity index (χ2v) is 4.99. The normalized spacial score (nSPS) is 10.4. The van der Waals surface area contributed by atoms with Gasteiger partial charge in [0.1, 0.15) is 5.76 Å². The molecule has 0 saturated heterocycles. The van der Waals surface area contributed by atoms with Gasteiger partial charge in [-0.15, -0.1) is 0 Å². The minimum Gasteiger partial charge on any atom is -0.456 e. The van der Waals surface area contributed by atoms with Crippen LogP contribution < -0.4 is 5.32 Å². The van der Waals surface area contributed by atoms with Crippen molar-refractivity contribution < 1.29 is 9.21 Å². The van der Waals surface area contributed by atoms with E-state index in [1.807, 2.05) is 6.92 Å². The molecule has 0 aliphatic rings. The van der Waals surface area contributed by atoms with Gasteiger partial charge in [-0.25, -0.2) is 0 Å². The molecule has 94 valence electrons. The van der Waals surface area contributed by atoms with Gasteiger partial charge in [0.05, 0.1) is 5.69 Å². The van der Waals surface area contributed by atoms with Crippen molar-refractivity contribution in [3.63, 3.8) is 0 Å². The zero-order valence-electron chi connectivity index (χ0n) is 9.67. The third kappa shape index (κ3) is 2.94. The molecular weight excluding hydrogens is 318 g/mol. The summed E-state index contributed by atoms with van der Waals surface area (Å²) in [5.74, 6) is 0.779. The summed E-state index contributed by atoms with van der Waals surface area (Å²) in [4.78, 5) is 11.9. The van der Waals surface area contributed by atoms with E-state index in [2.05, 4.69) is 21.2 Å². The molecule has 3 nitrogen and oxygen atoms in total. The maximum absolute atomic E-state index is 11.9. The molecule has 1 heterocycles. The molecule has 1 aromatic carbocycles. The minimum atomic E-state index is -0.294. The second-order valence-electron chi connectivity index (χ2n) is 3.70. The van der Waals surface area contributed by atoms with E-state index in [0.29, 0.717) is 16.5 Å². The molecule has 0 bridgehead atoms. The van der Waals surface area contributed by atoms with E-state index in [4.69, 9.17) is 16.0 Å². The number of amides is 1. The molecule has 0 atom stereocenters. The number of benzene rings is 1. The molecule has 2 aromatic rings. The number of carbonyl (C=O) groups is 1. The third-order valence-corrected chi connectivity index (χ3v) is 3.34. The first kappa shape index (κ1) is 13.2. The van der Waals surface area contributed by atoms with Crippen molar-refractivity contribution in [1.29, 1.82) is 0 Å². The van der Waals surface area contributed by atoms with E-state index in [-0.39, 0.29) is 5.91 Å². The minimum absolute atomic E-state index is 0.290. The quantitative estimate of drug-likeness (QED) is 0.900. The number of rotatable bonds is 3. The topological polar surface area (TPSA) is 42.2 Å². The van der Waals surface area contributed by atoms with Gasteiger partial charge in [-0.3, -0.25) is 4.79 Å². The summed E-state index contributed by atoms with van der Waals surface area (Å²) in [7, 11) is 0. The van der Waals surface area contributed by atoms with Gasteiger partial charge in [0, 0.05) is 15.9 Å². The van der Waals surface area contributed by atoms with Crippen LogP contribution >= 0.6 is 27.5 Å². The summed E-state index contributed by atoms with van der Waals surface area (Å²) in [5.41, 5.74) is 0.613. The van der Waals surface area contributed by atoms with Crippen LogP contribution in [0.1, 0.15) is 23.2 Å². The maximum Gasteiger partial charge on any atom is 0.291 e. The highest BCUT2D eigenvalue weighted by Gasteiger charge is 2.12. The van der Waals surface area contributed by atoms with Gasteiger partial charge >= 0.3 is 0 Å². The van der Waals surface area contributed by atoms with Crippen molar-refractivity contribution in [2.75, 3.05) is 5.32 Å². The lowest BCUT2D eigenvalue weighted by Crippen LogP contribution is -2.11. The number of hydrogen-bond donors (Lipinski definition) is 1. The summed E-state index contributed by atoms with van der Waals surface area (Å²) in [6, 6.07) is 8.64. The molecular formula is C13H11BrClNO2. The van der Waals surface area contributed by atoms with Gasteiger partial charge in [0.2, 0.25) is 0 Å². The molecule has 2 rings (SSSR count). The fourth-order valence-electron chi connectivity index (χ4n) is 1.47. The first-order valence-electron chi connectivity index (χ1n) is 5.45. The predicted molar refractivity (Wildman–Crippen MR) is 75.2 cm³/mol. The first-order valence-corrected chi connectivity index (χ1v) is 6.62. The van der Waals surface area contributed by atoms with Crippen molar-refractivity contribution in [3.05, 3.63) is 51.3 Å². The lowest BCUT2D eigenvalue weighted by atomic mass is 10.3. The smallest absolute Gasteiger partial charge is 0.291 e. The molecule has 0 unspecified atom stereocenters. The highest BCUT2D eigenvalue weighted by Crippen LogP contribution is 2.26. The molecule has 18 heavy (non-hydrogen) atoms. The molecule has 0 radical (unpaired) electrons. The molecule has 1 aromatic heterocycles. The Morgan fingerprint density at radius 2 is 2.17 bits per heavy atom. The average molecular weight is 329 g/mol. The Kier molecular flexibility index (Phi) is 4.09. The van der Waals surface area contributed by atoms with Crippen LogP contribution in [-0.4, -0.2) is 5.91 Å². The van der Waals surface area contributed by atoms with Crippen molar-refractivity contribution in [3.8, 4) is 0 Å². The van der Waals surface area contributed by atoms with Crippen LogP contribution in [0.2, 0.25) is 5.02 Å². The van der Waals surface area contributed by atoms with Gasteiger partial charge in [-0.1, -0.05) is 18.5 Å². The van der Waals surface area contributed by atoms with Crippen LogP contribution in [0.25, 0.3) is 0 Å². The van der Waals surface area contributed by atoms with E-state index < -0.39 is 0 Å².